The number of rotatable bonds is 3. The summed E-state index contributed by atoms with van der Waals surface area (Å²) in [6, 6.07) is 4.29. The molecule has 0 aromatic heterocycles. The summed E-state index contributed by atoms with van der Waals surface area (Å²) in [6.07, 6.45) is 2.34. The third-order valence-corrected chi connectivity index (χ3v) is 4.52. The predicted molar refractivity (Wildman–Crippen MR) is 83.0 cm³/mol. The fraction of sp³-hybridized carbons (Fsp3) is 0.611. The lowest BCUT2D eigenvalue weighted by Crippen LogP contribution is -2.32. The lowest BCUT2D eigenvalue weighted by atomic mass is 9.94. The Bertz CT molecular complexity index is 591. The highest BCUT2D eigenvalue weighted by Gasteiger charge is 2.33. The maximum atomic E-state index is 11.4. The molecule has 0 aliphatic carbocycles. The summed E-state index contributed by atoms with van der Waals surface area (Å²) in [5.41, 5.74) is 3.52. The zero-order valence-corrected chi connectivity index (χ0v) is 13.5. The van der Waals surface area contributed by atoms with Crippen LogP contribution < -0.4 is 4.74 Å². The number of fused-ring (bicyclic) bond motifs is 1. The molecule has 0 unspecified atom stereocenters. The largest absolute Gasteiger partial charge is 0.487 e. The fourth-order valence-electron chi connectivity index (χ4n) is 3.47. The third-order valence-electron chi connectivity index (χ3n) is 4.52. The van der Waals surface area contributed by atoms with Crippen molar-refractivity contribution < 1.29 is 19.4 Å². The van der Waals surface area contributed by atoms with Crippen LogP contribution in [0.25, 0.3) is 0 Å². The van der Waals surface area contributed by atoms with E-state index in [2.05, 4.69) is 32.9 Å². The minimum Gasteiger partial charge on any atom is -0.487 e. The maximum Gasteiger partial charge on any atom is 0.308 e. The van der Waals surface area contributed by atoms with Crippen molar-refractivity contribution >= 4 is 5.97 Å². The summed E-state index contributed by atoms with van der Waals surface area (Å²) in [7, 11) is 0. The third kappa shape index (κ3) is 3.12. The van der Waals surface area contributed by atoms with E-state index in [0.717, 1.165) is 25.0 Å². The molecule has 1 aromatic carbocycles. The van der Waals surface area contributed by atoms with Gasteiger partial charge < -0.3 is 14.6 Å². The monoisotopic (exact) mass is 304 g/mol. The Labute approximate surface area is 131 Å². The summed E-state index contributed by atoms with van der Waals surface area (Å²) in [5, 5.41) is 9.70. The van der Waals surface area contributed by atoms with Gasteiger partial charge in [-0.3, -0.25) is 4.79 Å². The van der Waals surface area contributed by atoms with Crippen molar-refractivity contribution in [3.8, 4) is 5.75 Å². The van der Waals surface area contributed by atoms with E-state index in [4.69, 9.17) is 9.47 Å². The normalized spacial score (nSPS) is 26.3. The van der Waals surface area contributed by atoms with Gasteiger partial charge in [0.15, 0.2) is 0 Å². The first-order valence-electron chi connectivity index (χ1n) is 8.02. The van der Waals surface area contributed by atoms with Gasteiger partial charge in [-0.05, 0) is 50.3 Å². The molecule has 0 spiro atoms. The molecule has 0 bridgehead atoms. The van der Waals surface area contributed by atoms with Gasteiger partial charge in [0.2, 0.25) is 0 Å². The number of cyclic esters (lactones) is 1. The molecule has 2 aliphatic rings. The van der Waals surface area contributed by atoms with E-state index >= 15 is 0 Å². The first-order chi connectivity index (χ1) is 10.3. The van der Waals surface area contributed by atoms with Gasteiger partial charge in [0.05, 0.1) is 12.5 Å². The molecule has 0 saturated carbocycles. The molecule has 4 heteroatoms. The number of ether oxygens (including phenoxy) is 2. The molecule has 2 atom stereocenters. The van der Waals surface area contributed by atoms with Gasteiger partial charge in [-0.1, -0.05) is 12.1 Å². The van der Waals surface area contributed by atoms with Gasteiger partial charge >= 0.3 is 5.97 Å². The Balaban J connectivity index is 1.74. The van der Waals surface area contributed by atoms with Gasteiger partial charge in [-0.2, -0.15) is 0 Å². The summed E-state index contributed by atoms with van der Waals surface area (Å²) >= 11 is 0. The summed E-state index contributed by atoms with van der Waals surface area (Å²) in [5.74, 6) is 0.712. The predicted octanol–water partition coefficient (Wildman–Crippen LogP) is 2.71. The van der Waals surface area contributed by atoms with Crippen LogP contribution in [0.1, 0.15) is 49.8 Å². The molecule has 1 aromatic rings. The van der Waals surface area contributed by atoms with E-state index in [9.17, 15) is 9.90 Å². The Morgan fingerprint density at radius 1 is 1.36 bits per heavy atom. The number of aliphatic hydroxyl groups is 1. The van der Waals surface area contributed by atoms with Crippen molar-refractivity contribution in [1.82, 2.24) is 0 Å². The first kappa shape index (κ1) is 15.3. The molecule has 0 radical (unpaired) electrons. The van der Waals surface area contributed by atoms with E-state index < -0.39 is 6.10 Å². The smallest absolute Gasteiger partial charge is 0.308 e. The lowest BCUT2D eigenvalue weighted by Gasteiger charge is -2.26. The van der Waals surface area contributed by atoms with Crippen LogP contribution in [0.5, 0.6) is 5.75 Å². The van der Waals surface area contributed by atoms with E-state index in [0.29, 0.717) is 6.42 Å². The zero-order valence-electron chi connectivity index (χ0n) is 13.5. The molecule has 1 fully saturated rings. The number of hydrogen-bond donors (Lipinski definition) is 1. The highest BCUT2D eigenvalue weighted by atomic mass is 16.5. The van der Waals surface area contributed by atoms with Crippen molar-refractivity contribution in [2.45, 2.75) is 70.7 Å². The average molecular weight is 304 g/mol. The molecule has 0 amide bonds. The average Bonchev–Trinajstić information content (AvgIpc) is 2.71. The second-order valence-electron chi connectivity index (χ2n) is 7.13. The summed E-state index contributed by atoms with van der Waals surface area (Å²) in [6.45, 7) is 6.29. The topological polar surface area (TPSA) is 55.8 Å². The summed E-state index contributed by atoms with van der Waals surface area (Å²) < 4.78 is 11.5. The van der Waals surface area contributed by atoms with Crippen LogP contribution in [-0.4, -0.2) is 28.9 Å². The van der Waals surface area contributed by atoms with E-state index in [1.54, 1.807) is 0 Å². The van der Waals surface area contributed by atoms with Gasteiger partial charge in [0.25, 0.3) is 0 Å². The Hall–Kier alpha value is -1.55. The molecule has 2 aliphatic heterocycles. The molecular weight excluding hydrogens is 280 g/mol. The maximum absolute atomic E-state index is 11.4. The molecule has 2 heterocycles. The molecule has 120 valence electrons. The Morgan fingerprint density at radius 3 is 2.86 bits per heavy atom. The van der Waals surface area contributed by atoms with Crippen molar-refractivity contribution in [1.29, 1.82) is 0 Å². The van der Waals surface area contributed by atoms with Gasteiger partial charge in [0.1, 0.15) is 17.5 Å². The van der Waals surface area contributed by atoms with Crippen LogP contribution in [-0.2, 0) is 22.4 Å². The van der Waals surface area contributed by atoms with Crippen molar-refractivity contribution in [3.63, 3.8) is 0 Å². The fourth-order valence-corrected chi connectivity index (χ4v) is 3.47. The van der Waals surface area contributed by atoms with Gasteiger partial charge in [-0.25, -0.2) is 0 Å². The standard InChI is InChI=1S/C18H24O4/c1-11-4-5-12-10-18(2,3)22-17(12)15(11)7-6-14-8-13(19)9-16(20)21-14/h4-5,13-14,19H,6-10H2,1-3H3/t13-,14-/m0/s1. The van der Waals surface area contributed by atoms with Crippen LogP contribution in [0, 0.1) is 6.92 Å². The van der Waals surface area contributed by atoms with Crippen molar-refractivity contribution in [2.75, 3.05) is 0 Å². The number of aryl methyl sites for hydroxylation is 1. The summed E-state index contributed by atoms with van der Waals surface area (Å²) in [4.78, 5) is 11.4. The van der Waals surface area contributed by atoms with Gasteiger partial charge in [0, 0.05) is 12.8 Å². The van der Waals surface area contributed by atoms with Crippen molar-refractivity contribution in [2.24, 2.45) is 0 Å². The van der Waals surface area contributed by atoms with E-state index in [1.807, 2.05) is 0 Å². The van der Waals surface area contributed by atoms with E-state index in [1.165, 1.54) is 16.7 Å². The Morgan fingerprint density at radius 2 is 2.14 bits per heavy atom. The highest BCUT2D eigenvalue weighted by Crippen LogP contribution is 2.39. The number of hydrogen-bond acceptors (Lipinski definition) is 4. The van der Waals surface area contributed by atoms with Crippen LogP contribution in [0.3, 0.4) is 0 Å². The quantitative estimate of drug-likeness (QED) is 0.872. The molecular formula is C18H24O4. The number of esters is 1. The number of carbonyl (C=O) groups is 1. The molecule has 22 heavy (non-hydrogen) atoms. The van der Waals surface area contributed by atoms with Crippen LogP contribution in [0.2, 0.25) is 0 Å². The van der Waals surface area contributed by atoms with Crippen LogP contribution >= 0.6 is 0 Å². The second-order valence-corrected chi connectivity index (χ2v) is 7.13. The van der Waals surface area contributed by atoms with Crippen LogP contribution in [0.15, 0.2) is 12.1 Å². The SMILES string of the molecule is Cc1ccc2c(c1CC[C@H]1C[C@H](O)CC(=O)O1)OC(C)(C)C2. The number of benzene rings is 1. The van der Waals surface area contributed by atoms with Crippen molar-refractivity contribution in [3.05, 3.63) is 28.8 Å². The van der Waals surface area contributed by atoms with Crippen LogP contribution in [0.4, 0.5) is 0 Å². The number of carbonyl (C=O) groups excluding carboxylic acids is 1. The second kappa shape index (κ2) is 5.58. The lowest BCUT2D eigenvalue weighted by molar-refractivity contribution is -0.160. The minimum atomic E-state index is -0.566. The molecule has 4 nitrogen and oxygen atoms in total. The minimum absolute atomic E-state index is 0.119. The number of aliphatic hydroxyl groups excluding tert-OH is 1. The Kier molecular flexibility index (Phi) is 3.89. The van der Waals surface area contributed by atoms with E-state index in [-0.39, 0.29) is 24.1 Å². The van der Waals surface area contributed by atoms with Gasteiger partial charge in [-0.15, -0.1) is 0 Å². The molecule has 3 rings (SSSR count). The zero-order chi connectivity index (χ0) is 15.9. The highest BCUT2D eigenvalue weighted by molar-refractivity contribution is 5.71. The molecule has 1 saturated heterocycles. The molecule has 1 N–H and O–H groups in total. The first-order valence-corrected chi connectivity index (χ1v) is 8.02.